The molecule has 0 spiro atoms. The molecule has 0 atom stereocenters. The standard InChI is InChI=1S/C7H5BrClIO2S/c8-6-2-1-3-7(10)5(6)4-13(9,11)12/h1-3H,4H2. The summed E-state index contributed by atoms with van der Waals surface area (Å²) in [6.07, 6.45) is 0. The first-order valence-corrected chi connectivity index (χ1v) is 7.60. The van der Waals surface area contributed by atoms with Gasteiger partial charge in [0, 0.05) is 18.7 Å². The Kier molecular flexibility index (Phi) is 4.03. The van der Waals surface area contributed by atoms with Gasteiger partial charge in [-0.15, -0.1) is 0 Å². The molecule has 0 aromatic heterocycles. The summed E-state index contributed by atoms with van der Waals surface area (Å²) in [7, 11) is 1.67. The van der Waals surface area contributed by atoms with E-state index in [2.05, 4.69) is 38.5 Å². The second-order valence-corrected chi connectivity index (χ2v) is 7.18. The van der Waals surface area contributed by atoms with Crippen LogP contribution in [0.2, 0.25) is 0 Å². The van der Waals surface area contributed by atoms with Gasteiger partial charge >= 0.3 is 0 Å². The molecule has 1 aromatic carbocycles. The lowest BCUT2D eigenvalue weighted by atomic mass is 10.2. The molecule has 0 amide bonds. The Morgan fingerprint density at radius 2 is 2.08 bits per heavy atom. The number of hydrogen-bond acceptors (Lipinski definition) is 2. The second-order valence-electron chi connectivity index (χ2n) is 2.38. The number of hydrogen-bond donors (Lipinski definition) is 0. The average Bonchev–Trinajstić information content (AvgIpc) is 1.95. The lowest BCUT2D eigenvalue weighted by Gasteiger charge is -2.03. The second kappa shape index (κ2) is 4.46. The number of rotatable bonds is 2. The van der Waals surface area contributed by atoms with Gasteiger partial charge in [-0.25, -0.2) is 8.42 Å². The van der Waals surface area contributed by atoms with E-state index in [0.29, 0.717) is 5.56 Å². The molecule has 0 aliphatic carbocycles. The first-order chi connectivity index (χ1) is 5.90. The molecule has 2 nitrogen and oxygen atoms in total. The van der Waals surface area contributed by atoms with Crippen molar-refractivity contribution in [1.82, 2.24) is 0 Å². The molecule has 0 bridgehead atoms. The maximum Gasteiger partial charge on any atom is 0.236 e. The Balaban J connectivity index is 3.15. The molecule has 0 unspecified atom stereocenters. The predicted octanol–water partition coefficient (Wildman–Crippen LogP) is 3.12. The zero-order valence-electron chi connectivity index (χ0n) is 6.30. The van der Waals surface area contributed by atoms with Gasteiger partial charge in [-0.3, -0.25) is 0 Å². The monoisotopic (exact) mass is 394 g/mol. The molecule has 1 aromatic rings. The van der Waals surface area contributed by atoms with Crippen LogP contribution in [0.25, 0.3) is 0 Å². The van der Waals surface area contributed by atoms with E-state index >= 15 is 0 Å². The molecular formula is C7H5BrClIO2S. The van der Waals surface area contributed by atoms with Gasteiger partial charge < -0.3 is 0 Å². The van der Waals surface area contributed by atoms with Crippen molar-refractivity contribution in [1.29, 1.82) is 0 Å². The van der Waals surface area contributed by atoms with E-state index in [0.717, 1.165) is 8.04 Å². The molecule has 0 saturated heterocycles. The fourth-order valence-electron chi connectivity index (χ4n) is 0.843. The minimum Gasteiger partial charge on any atom is -0.212 e. The molecule has 0 N–H and O–H groups in total. The highest BCUT2D eigenvalue weighted by Gasteiger charge is 2.12. The lowest BCUT2D eigenvalue weighted by molar-refractivity contribution is 0.608. The van der Waals surface area contributed by atoms with Gasteiger partial charge in [0.15, 0.2) is 0 Å². The van der Waals surface area contributed by atoms with E-state index in [4.69, 9.17) is 10.7 Å². The third-order valence-corrected chi connectivity index (χ3v) is 4.09. The van der Waals surface area contributed by atoms with Gasteiger partial charge in [-0.05, 0) is 40.3 Å². The van der Waals surface area contributed by atoms with E-state index in [1.807, 2.05) is 12.1 Å². The molecule has 72 valence electrons. The molecule has 0 saturated carbocycles. The Morgan fingerprint density at radius 3 is 2.54 bits per heavy atom. The van der Waals surface area contributed by atoms with Crippen molar-refractivity contribution in [3.05, 3.63) is 31.8 Å². The van der Waals surface area contributed by atoms with Gasteiger partial charge in [0.2, 0.25) is 9.05 Å². The summed E-state index contributed by atoms with van der Waals surface area (Å²) in [5.74, 6) is -0.145. The molecule has 0 aliphatic heterocycles. The highest BCUT2D eigenvalue weighted by molar-refractivity contribution is 14.1. The van der Waals surface area contributed by atoms with E-state index < -0.39 is 9.05 Å². The summed E-state index contributed by atoms with van der Waals surface area (Å²) >= 11 is 5.34. The Hall–Kier alpha value is 0.670. The molecule has 1 rings (SSSR count). The number of halogens is 3. The first-order valence-electron chi connectivity index (χ1n) is 3.25. The lowest BCUT2D eigenvalue weighted by Crippen LogP contribution is -1.98. The highest BCUT2D eigenvalue weighted by Crippen LogP contribution is 2.25. The number of benzene rings is 1. The molecule has 0 aliphatic rings. The van der Waals surface area contributed by atoms with Gasteiger partial charge in [-0.1, -0.05) is 22.0 Å². The van der Waals surface area contributed by atoms with Gasteiger partial charge in [-0.2, -0.15) is 0 Å². The van der Waals surface area contributed by atoms with Crippen LogP contribution in [0.3, 0.4) is 0 Å². The molecule has 0 radical (unpaired) electrons. The zero-order chi connectivity index (χ0) is 10.1. The molecule has 6 heteroatoms. The minimum absolute atomic E-state index is 0.145. The van der Waals surface area contributed by atoms with Crippen molar-refractivity contribution in [3.63, 3.8) is 0 Å². The van der Waals surface area contributed by atoms with Crippen molar-refractivity contribution in [2.24, 2.45) is 0 Å². The predicted molar refractivity (Wildman–Crippen MR) is 65.3 cm³/mol. The van der Waals surface area contributed by atoms with Crippen LogP contribution in [0.1, 0.15) is 5.56 Å². The highest BCUT2D eigenvalue weighted by atomic mass is 127. The first kappa shape index (κ1) is 11.7. The normalized spacial score (nSPS) is 11.6. The average molecular weight is 395 g/mol. The molecule has 0 fully saturated rings. The maximum atomic E-state index is 10.8. The van der Waals surface area contributed by atoms with Gasteiger partial charge in [0.1, 0.15) is 0 Å². The summed E-state index contributed by atoms with van der Waals surface area (Å²) < 4.78 is 23.3. The SMILES string of the molecule is O=S(=O)(Cl)Cc1c(Br)cccc1I. The van der Waals surface area contributed by atoms with E-state index in [-0.39, 0.29) is 5.75 Å². The summed E-state index contributed by atoms with van der Waals surface area (Å²) in [4.78, 5) is 0. The van der Waals surface area contributed by atoms with Crippen LogP contribution < -0.4 is 0 Å². The van der Waals surface area contributed by atoms with E-state index in [9.17, 15) is 8.42 Å². The van der Waals surface area contributed by atoms with Crippen molar-refractivity contribution < 1.29 is 8.42 Å². The Morgan fingerprint density at radius 1 is 1.46 bits per heavy atom. The maximum absolute atomic E-state index is 10.8. The summed E-state index contributed by atoms with van der Waals surface area (Å²) in [6.45, 7) is 0. The minimum atomic E-state index is -3.48. The van der Waals surface area contributed by atoms with Crippen LogP contribution >= 0.6 is 49.2 Å². The molecule has 0 heterocycles. The summed E-state index contributed by atoms with van der Waals surface area (Å²) in [5, 5.41) is 0. The quantitative estimate of drug-likeness (QED) is 0.570. The van der Waals surface area contributed by atoms with Crippen LogP contribution in [-0.4, -0.2) is 8.42 Å². The van der Waals surface area contributed by atoms with E-state index in [1.54, 1.807) is 6.07 Å². The smallest absolute Gasteiger partial charge is 0.212 e. The zero-order valence-corrected chi connectivity index (χ0v) is 11.6. The molecular weight excluding hydrogens is 390 g/mol. The third kappa shape index (κ3) is 3.73. The van der Waals surface area contributed by atoms with Gasteiger partial charge in [0.05, 0.1) is 5.75 Å². The van der Waals surface area contributed by atoms with Crippen LogP contribution in [-0.2, 0) is 14.8 Å². The summed E-state index contributed by atoms with van der Waals surface area (Å²) in [5.41, 5.74) is 0.707. The van der Waals surface area contributed by atoms with Crippen LogP contribution in [0.15, 0.2) is 22.7 Å². The topological polar surface area (TPSA) is 34.1 Å². The fraction of sp³-hybridized carbons (Fsp3) is 0.143. The van der Waals surface area contributed by atoms with Crippen molar-refractivity contribution in [2.45, 2.75) is 5.75 Å². The van der Waals surface area contributed by atoms with Crippen LogP contribution in [0.5, 0.6) is 0 Å². The third-order valence-electron chi connectivity index (χ3n) is 1.38. The van der Waals surface area contributed by atoms with Gasteiger partial charge in [0.25, 0.3) is 0 Å². The largest absolute Gasteiger partial charge is 0.236 e. The molecule has 13 heavy (non-hydrogen) atoms. The van der Waals surface area contributed by atoms with E-state index in [1.165, 1.54) is 0 Å². The Labute approximate surface area is 103 Å². The fourth-order valence-corrected chi connectivity index (χ4v) is 3.84. The van der Waals surface area contributed by atoms with Crippen LogP contribution in [0, 0.1) is 3.57 Å². The van der Waals surface area contributed by atoms with Crippen molar-refractivity contribution in [3.8, 4) is 0 Å². The van der Waals surface area contributed by atoms with Crippen LogP contribution in [0.4, 0.5) is 0 Å². The van der Waals surface area contributed by atoms with Crippen molar-refractivity contribution >= 4 is 58.3 Å². The Bertz CT molecular complexity index is 398. The van der Waals surface area contributed by atoms with Crippen molar-refractivity contribution in [2.75, 3.05) is 0 Å². The summed E-state index contributed by atoms with van der Waals surface area (Å²) in [6, 6.07) is 5.47.